The number of nitrogens with zero attached hydrogens (tertiary/aromatic N) is 4. The van der Waals surface area contributed by atoms with E-state index in [1.54, 1.807) is 45.3 Å². The molecule has 0 aliphatic carbocycles. The van der Waals surface area contributed by atoms with Crippen LogP contribution in [0, 0.1) is 0 Å². The molecule has 0 bridgehead atoms. The molecule has 0 spiro atoms. The molecule has 0 unspecified atom stereocenters. The molecule has 10 heteroatoms. The first-order valence-corrected chi connectivity index (χ1v) is 8.66. The van der Waals surface area contributed by atoms with Gasteiger partial charge in [0.2, 0.25) is 0 Å². The van der Waals surface area contributed by atoms with Gasteiger partial charge in [0.25, 0.3) is 0 Å². The fourth-order valence-electron chi connectivity index (χ4n) is 2.66. The number of hydrogen-bond acceptors (Lipinski definition) is 6. The molecular weight excluding hydrogens is 387 g/mol. The molecule has 3 aromatic rings. The van der Waals surface area contributed by atoms with Crippen molar-refractivity contribution in [2.24, 2.45) is 0 Å². The number of halogens is 3. The minimum absolute atomic E-state index is 0.00465. The van der Waals surface area contributed by atoms with Crippen LogP contribution in [0.4, 0.5) is 19.0 Å². The molecule has 2 aromatic heterocycles. The molecule has 0 saturated heterocycles. The highest BCUT2D eigenvalue weighted by molar-refractivity contribution is 5.94. The number of carbonyl (C=O) groups is 1. The number of rotatable bonds is 5. The van der Waals surface area contributed by atoms with Crippen molar-refractivity contribution in [3.8, 4) is 22.5 Å². The van der Waals surface area contributed by atoms with E-state index in [2.05, 4.69) is 20.4 Å². The van der Waals surface area contributed by atoms with Crippen molar-refractivity contribution in [3.63, 3.8) is 0 Å². The van der Waals surface area contributed by atoms with Crippen LogP contribution in [0.3, 0.4) is 0 Å². The zero-order valence-corrected chi connectivity index (χ0v) is 15.9. The molecule has 2 heterocycles. The van der Waals surface area contributed by atoms with Crippen LogP contribution in [-0.2, 0) is 10.9 Å². The SMILES string of the molecule is CCOC(=O)c1n[nH]nc1-c1cccc(-c2cc(C(F)(F)F)cc(N(C)C)n2)c1. The molecule has 29 heavy (non-hydrogen) atoms. The smallest absolute Gasteiger partial charge is 0.416 e. The first-order valence-electron chi connectivity index (χ1n) is 8.66. The highest BCUT2D eigenvalue weighted by Crippen LogP contribution is 2.34. The fraction of sp³-hybridized carbons (Fsp3) is 0.263. The van der Waals surface area contributed by atoms with Crippen LogP contribution in [0.1, 0.15) is 23.0 Å². The van der Waals surface area contributed by atoms with Crippen LogP contribution < -0.4 is 4.90 Å². The minimum Gasteiger partial charge on any atom is -0.461 e. The van der Waals surface area contributed by atoms with Gasteiger partial charge in [-0.15, -0.1) is 5.10 Å². The Balaban J connectivity index is 2.09. The summed E-state index contributed by atoms with van der Waals surface area (Å²) < 4.78 is 44.9. The standard InChI is InChI=1S/C19H18F3N5O2/c1-4-29-18(28)17-16(24-26-25-17)12-7-5-6-11(8-12)14-9-13(19(20,21)22)10-15(23-14)27(2)3/h5-10H,4H2,1-3H3,(H,24,25,26). The number of alkyl halides is 3. The number of H-pyrrole nitrogens is 1. The third-order valence-electron chi connectivity index (χ3n) is 4.05. The number of hydrogen-bond donors (Lipinski definition) is 1. The Morgan fingerprint density at radius 2 is 1.86 bits per heavy atom. The van der Waals surface area contributed by atoms with Gasteiger partial charge < -0.3 is 9.64 Å². The number of benzene rings is 1. The molecule has 1 aromatic carbocycles. The Bertz CT molecular complexity index is 1030. The van der Waals surface area contributed by atoms with Crippen molar-refractivity contribution in [3.05, 3.63) is 47.7 Å². The second-order valence-electron chi connectivity index (χ2n) is 6.31. The minimum atomic E-state index is -4.51. The van der Waals surface area contributed by atoms with Crippen LogP contribution in [0.15, 0.2) is 36.4 Å². The van der Waals surface area contributed by atoms with Crippen molar-refractivity contribution < 1.29 is 22.7 Å². The van der Waals surface area contributed by atoms with Crippen molar-refractivity contribution in [2.75, 3.05) is 25.6 Å². The fourth-order valence-corrected chi connectivity index (χ4v) is 2.66. The van der Waals surface area contributed by atoms with Gasteiger partial charge >= 0.3 is 12.1 Å². The van der Waals surface area contributed by atoms with Gasteiger partial charge in [0.05, 0.1) is 17.9 Å². The van der Waals surface area contributed by atoms with E-state index in [0.717, 1.165) is 12.1 Å². The second kappa shape index (κ2) is 7.90. The maximum atomic E-state index is 13.3. The molecule has 1 N–H and O–H groups in total. The molecule has 0 atom stereocenters. The third kappa shape index (κ3) is 4.36. The lowest BCUT2D eigenvalue weighted by Crippen LogP contribution is -2.14. The summed E-state index contributed by atoms with van der Waals surface area (Å²) in [6.45, 7) is 1.84. The number of nitrogens with one attached hydrogen (secondary N) is 1. The van der Waals surface area contributed by atoms with Crippen LogP contribution in [0.2, 0.25) is 0 Å². The first kappa shape index (κ1) is 20.3. The lowest BCUT2D eigenvalue weighted by Gasteiger charge is -2.16. The van der Waals surface area contributed by atoms with Crippen LogP contribution in [0.25, 0.3) is 22.5 Å². The Kier molecular flexibility index (Phi) is 5.53. The average molecular weight is 405 g/mol. The molecule has 0 radical (unpaired) electrons. The molecule has 0 aliphatic rings. The summed E-state index contributed by atoms with van der Waals surface area (Å²) in [6.07, 6.45) is -4.51. The van der Waals surface area contributed by atoms with E-state index in [1.165, 1.54) is 4.90 Å². The first-order chi connectivity index (χ1) is 13.7. The Hall–Kier alpha value is -3.43. The molecule has 0 amide bonds. The zero-order chi connectivity index (χ0) is 21.2. The lowest BCUT2D eigenvalue weighted by molar-refractivity contribution is -0.137. The summed E-state index contributed by atoms with van der Waals surface area (Å²) >= 11 is 0. The number of esters is 1. The van der Waals surface area contributed by atoms with E-state index in [9.17, 15) is 18.0 Å². The van der Waals surface area contributed by atoms with Gasteiger partial charge in [-0.2, -0.15) is 23.5 Å². The van der Waals surface area contributed by atoms with Crippen LogP contribution in [-0.4, -0.2) is 47.1 Å². The molecule has 152 valence electrons. The monoisotopic (exact) mass is 405 g/mol. The molecule has 3 rings (SSSR count). The summed E-state index contributed by atoms with van der Waals surface area (Å²) in [6, 6.07) is 8.53. The van der Waals surface area contributed by atoms with Gasteiger partial charge in [0.1, 0.15) is 11.5 Å². The number of pyridine rings is 1. The lowest BCUT2D eigenvalue weighted by atomic mass is 10.0. The summed E-state index contributed by atoms with van der Waals surface area (Å²) in [5.41, 5.74) is 0.510. The van der Waals surface area contributed by atoms with E-state index >= 15 is 0 Å². The Morgan fingerprint density at radius 1 is 1.14 bits per heavy atom. The average Bonchev–Trinajstić information content (AvgIpc) is 3.17. The second-order valence-corrected chi connectivity index (χ2v) is 6.31. The Labute approximate surface area is 164 Å². The van der Waals surface area contributed by atoms with E-state index in [1.807, 2.05) is 0 Å². The molecule has 7 nitrogen and oxygen atoms in total. The predicted octanol–water partition coefficient (Wildman–Crippen LogP) is 3.80. The quantitative estimate of drug-likeness (QED) is 0.650. The van der Waals surface area contributed by atoms with Crippen molar-refractivity contribution in [1.29, 1.82) is 0 Å². The highest BCUT2D eigenvalue weighted by Gasteiger charge is 2.32. The number of carbonyl (C=O) groups excluding carboxylic acids is 1. The van der Waals surface area contributed by atoms with E-state index in [-0.39, 0.29) is 29.5 Å². The van der Waals surface area contributed by atoms with Crippen molar-refractivity contribution in [2.45, 2.75) is 13.1 Å². The number of anilines is 1. The summed E-state index contributed by atoms with van der Waals surface area (Å²) in [5, 5.41) is 10.2. The summed E-state index contributed by atoms with van der Waals surface area (Å²) in [5.74, 6) is -0.470. The van der Waals surface area contributed by atoms with E-state index in [0.29, 0.717) is 11.1 Å². The van der Waals surface area contributed by atoms with Crippen molar-refractivity contribution >= 4 is 11.8 Å². The highest BCUT2D eigenvalue weighted by atomic mass is 19.4. The molecule has 0 aliphatic heterocycles. The normalized spacial score (nSPS) is 11.4. The van der Waals surface area contributed by atoms with Crippen LogP contribution >= 0.6 is 0 Å². The van der Waals surface area contributed by atoms with E-state index < -0.39 is 17.7 Å². The Morgan fingerprint density at radius 3 is 2.52 bits per heavy atom. The number of ether oxygens (including phenoxy) is 1. The summed E-state index contributed by atoms with van der Waals surface area (Å²) in [7, 11) is 3.23. The molecule has 0 saturated carbocycles. The van der Waals surface area contributed by atoms with E-state index in [4.69, 9.17) is 4.74 Å². The van der Waals surface area contributed by atoms with Gasteiger partial charge in [-0.1, -0.05) is 18.2 Å². The zero-order valence-electron chi connectivity index (χ0n) is 15.9. The predicted molar refractivity (Wildman–Crippen MR) is 100 cm³/mol. The summed E-state index contributed by atoms with van der Waals surface area (Å²) in [4.78, 5) is 17.9. The van der Waals surface area contributed by atoms with Gasteiger partial charge in [-0.25, -0.2) is 9.78 Å². The third-order valence-corrected chi connectivity index (χ3v) is 4.05. The number of aromatic nitrogens is 4. The molecule has 0 fully saturated rings. The van der Waals surface area contributed by atoms with Crippen molar-refractivity contribution in [1.82, 2.24) is 20.4 Å². The molecular formula is C19H18F3N5O2. The maximum absolute atomic E-state index is 13.3. The topological polar surface area (TPSA) is 84.0 Å². The number of aromatic amines is 1. The van der Waals surface area contributed by atoms with Gasteiger partial charge in [0, 0.05) is 25.2 Å². The largest absolute Gasteiger partial charge is 0.461 e. The van der Waals surface area contributed by atoms with Gasteiger partial charge in [-0.05, 0) is 25.1 Å². The van der Waals surface area contributed by atoms with Gasteiger partial charge in [-0.3, -0.25) is 0 Å². The maximum Gasteiger partial charge on any atom is 0.416 e. The van der Waals surface area contributed by atoms with Gasteiger partial charge in [0.15, 0.2) is 5.69 Å². The van der Waals surface area contributed by atoms with Crippen LogP contribution in [0.5, 0.6) is 0 Å².